The molecule has 3 aromatic rings. The Balaban J connectivity index is 1.68. The minimum Gasteiger partial charge on any atom is -0.462 e. The molecule has 0 bridgehead atoms. The number of H-pyrrole nitrogens is 1. The second kappa shape index (κ2) is 7.84. The number of benzene rings is 2. The van der Waals surface area contributed by atoms with Crippen LogP contribution < -0.4 is 5.32 Å². The molecule has 132 valence electrons. The number of halogens is 1. The SMILES string of the molecule is CCOC(=O)c1ccc(NC(=O)c2cc(-c3ccc(Cl)cc3)n[nH]2)cc1. The van der Waals surface area contributed by atoms with Crippen molar-refractivity contribution in [3.63, 3.8) is 0 Å². The summed E-state index contributed by atoms with van der Waals surface area (Å²) < 4.78 is 4.92. The van der Waals surface area contributed by atoms with E-state index in [2.05, 4.69) is 15.5 Å². The van der Waals surface area contributed by atoms with Crippen LogP contribution in [0.5, 0.6) is 0 Å². The number of amides is 1. The number of aromatic amines is 1. The maximum Gasteiger partial charge on any atom is 0.338 e. The molecular formula is C19H16ClN3O3. The van der Waals surface area contributed by atoms with E-state index in [0.717, 1.165) is 5.56 Å². The van der Waals surface area contributed by atoms with Gasteiger partial charge in [0, 0.05) is 16.3 Å². The van der Waals surface area contributed by atoms with Crippen LogP contribution in [-0.4, -0.2) is 28.7 Å². The standard InChI is InChI=1S/C19H16ClN3O3/c1-2-26-19(25)13-5-9-15(10-6-13)21-18(24)17-11-16(22-23-17)12-3-7-14(20)8-4-12/h3-11H,2H2,1H3,(H,21,24)(H,22,23). The lowest BCUT2D eigenvalue weighted by Crippen LogP contribution is -2.12. The molecule has 1 amide bonds. The summed E-state index contributed by atoms with van der Waals surface area (Å²) in [6.07, 6.45) is 0. The van der Waals surface area contributed by atoms with Crippen molar-refractivity contribution in [2.75, 3.05) is 11.9 Å². The molecule has 0 aliphatic rings. The number of hydrogen-bond acceptors (Lipinski definition) is 4. The van der Waals surface area contributed by atoms with Gasteiger partial charge in [0.15, 0.2) is 0 Å². The van der Waals surface area contributed by atoms with Crippen molar-refractivity contribution in [1.29, 1.82) is 0 Å². The molecule has 0 fully saturated rings. The van der Waals surface area contributed by atoms with Gasteiger partial charge in [0.25, 0.3) is 5.91 Å². The molecule has 2 N–H and O–H groups in total. The minimum absolute atomic E-state index is 0.313. The minimum atomic E-state index is -0.397. The fraction of sp³-hybridized carbons (Fsp3) is 0.105. The third-order valence-corrected chi connectivity index (χ3v) is 3.87. The van der Waals surface area contributed by atoms with Gasteiger partial charge in [-0.2, -0.15) is 5.10 Å². The van der Waals surface area contributed by atoms with E-state index in [1.807, 2.05) is 12.1 Å². The highest BCUT2D eigenvalue weighted by Gasteiger charge is 2.12. The lowest BCUT2D eigenvalue weighted by molar-refractivity contribution is 0.0526. The zero-order chi connectivity index (χ0) is 18.5. The summed E-state index contributed by atoms with van der Waals surface area (Å²) in [6.45, 7) is 2.06. The number of anilines is 1. The van der Waals surface area contributed by atoms with E-state index >= 15 is 0 Å². The van der Waals surface area contributed by atoms with Crippen LogP contribution in [0.1, 0.15) is 27.8 Å². The Morgan fingerprint density at radius 1 is 1.12 bits per heavy atom. The predicted molar refractivity (Wildman–Crippen MR) is 99.4 cm³/mol. The molecule has 0 unspecified atom stereocenters. The highest BCUT2D eigenvalue weighted by Crippen LogP contribution is 2.20. The molecular weight excluding hydrogens is 354 g/mol. The average Bonchev–Trinajstić information content (AvgIpc) is 3.13. The van der Waals surface area contributed by atoms with E-state index in [4.69, 9.17) is 16.3 Å². The van der Waals surface area contributed by atoms with Crippen molar-refractivity contribution in [2.24, 2.45) is 0 Å². The van der Waals surface area contributed by atoms with Crippen molar-refractivity contribution < 1.29 is 14.3 Å². The Morgan fingerprint density at radius 3 is 2.46 bits per heavy atom. The van der Waals surface area contributed by atoms with E-state index < -0.39 is 5.97 Å². The van der Waals surface area contributed by atoms with Gasteiger partial charge in [0.05, 0.1) is 17.9 Å². The summed E-state index contributed by atoms with van der Waals surface area (Å²) >= 11 is 5.87. The zero-order valence-electron chi connectivity index (χ0n) is 14.0. The highest BCUT2D eigenvalue weighted by molar-refractivity contribution is 6.30. The second-order valence-corrected chi connectivity index (χ2v) is 5.86. The smallest absolute Gasteiger partial charge is 0.338 e. The first-order chi connectivity index (χ1) is 12.6. The van der Waals surface area contributed by atoms with Gasteiger partial charge in [-0.1, -0.05) is 23.7 Å². The first kappa shape index (κ1) is 17.7. The molecule has 3 rings (SSSR count). The van der Waals surface area contributed by atoms with Crippen molar-refractivity contribution >= 4 is 29.2 Å². The predicted octanol–water partition coefficient (Wildman–Crippen LogP) is 4.16. The lowest BCUT2D eigenvalue weighted by atomic mass is 10.1. The van der Waals surface area contributed by atoms with E-state index in [9.17, 15) is 9.59 Å². The van der Waals surface area contributed by atoms with Crippen molar-refractivity contribution in [1.82, 2.24) is 10.2 Å². The number of nitrogens with zero attached hydrogens (tertiary/aromatic N) is 1. The number of rotatable bonds is 5. The van der Waals surface area contributed by atoms with Crippen LogP contribution in [0.4, 0.5) is 5.69 Å². The molecule has 0 aliphatic carbocycles. The number of aromatic nitrogens is 2. The number of carbonyl (C=O) groups is 2. The topological polar surface area (TPSA) is 84.1 Å². The van der Waals surface area contributed by atoms with Gasteiger partial charge in [0.2, 0.25) is 0 Å². The van der Waals surface area contributed by atoms with Crippen molar-refractivity contribution in [3.05, 3.63) is 70.9 Å². The third kappa shape index (κ3) is 4.10. The monoisotopic (exact) mass is 369 g/mol. The molecule has 0 spiro atoms. The maximum atomic E-state index is 12.3. The summed E-state index contributed by atoms with van der Waals surface area (Å²) in [7, 11) is 0. The van der Waals surface area contributed by atoms with Crippen LogP contribution in [0.25, 0.3) is 11.3 Å². The molecule has 7 heteroatoms. The quantitative estimate of drug-likeness (QED) is 0.661. The Bertz CT molecular complexity index is 918. The van der Waals surface area contributed by atoms with Gasteiger partial charge in [-0.3, -0.25) is 9.89 Å². The Labute approximate surface area is 155 Å². The summed E-state index contributed by atoms with van der Waals surface area (Å²) in [5.41, 5.74) is 2.81. The van der Waals surface area contributed by atoms with Gasteiger partial charge in [0.1, 0.15) is 5.69 Å². The summed E-state index contributed by atoms with van der Waals surface area (Å²) in [6, 6.07) is 15.3. The van der Waals surface area contributed by atoms with Crippen LogP contribution in [0.3, 0.4) is 0 Å². The first-order valence-electron chi connectivity index (χ1n) is 7.96. The molecule has 0 aliphatic heterocycles. The number of carbonyl (C=O) groups excluding carboxylic acids is 2. The summed E-state index contributed by atoms with van der Waals surface area (Å²) in [5.74, 6) is -0.729. The van der Waals surface area contributed by atoms with Crippen molar-refractivity contribution in [2.45, 2.75) is 6.92 Å². The van der Waals surface area contributed by atoms with Gasteiger partial charge in [-0.25, -0.2) is 4.79 Å². The Kier molecular flexibility index (Phi) is 5.34. The lowest BCUT2D eigenvalue weighted by Gasteiger charge is -2.05. The van der Waals surface area contributed by atoms with Crippen molar-refractivity contribution in [3.8, 4) is 11.3 Å². The van der Waals surface area contributed by atoms with Crippen LogP contribution in [0.15, 0.2) is 54.6 Å². The van der Waals surface area contributed by atoms with Gasteiger partial charge in [-0.05, 0) is 49.4 Å². The molecule has 1 heterocycles. The normalized spacial score (nSPS) is 10.4. The number of nitrogens with one attached hydrogen (secondary N) is 2. The van der Waals surface area contributed by atoms with Crippen LogP contribution in [0, 0.1) is 0 Å². The zero-order valence-corrected chi connectivity index (χ0v) is 14.7. The largest absolute Gasteiger partial charge is 0.462 e. The van der Waals surface area contributed by atoms with Gasteiger partial charge < -0.3 is 10.1 Å². The first-order valence-corrected chi connectivity index (χ1v) is 8.34. The molecule has 26 heavy (non-hydrogen) atoms. The molecule has 6 nitrogen and oxygen atoms in total. The number of ether oxygens (including phenoxy) is 1. The summed E-state index contributed by atoms with van der Waals surface area (Å²) in [5, 5.41) is 10.2. The fourth-order valence-electron chi connectivity index (χ4n) is 2.31. The maximum absolute atomic E-state index is 12.3. The van der Waals surface area contributed by atoms with Gasteiger partial charge >= 0.3 is 5.97 Å². The molecule has 0 radical (unpaired) electrons. The molecule has 1 aromatic heterocycles. The third-order valence-electron chi connectivity index (χ3n) is 3.62. The molecule has 2 aromatic carbocycles. The molecule has 0 saturated carbocycles. The van der Waals surface area contributed by atoms with Crippen LogP contribution in [-0.2, 0) is 4.74 Å². The Hall–Kier alpha value is -3.12. The van der Waals surface area contributed by atoms with E-state index in [1.54, 1.807) is 49.4 Å². The Morgan fingerprint density at radius 2 is 1.81 bits per heavy atom. The number of esters is 1. The number of hydrogen-bond donors (Lipinski definition) is 2. The average molecular weight is 370 g/mol. The van der Waals surface area contributed by atoms with Crippen LogP contribution in [0.2, 0.25) is 5.02 Å². The molecule has 0 atom stereocenters. The van der Waals surface area contributed by atoms with E-state index in [1.165, 1.54) is 0 Å². The molecule has 0 saturated heterocycles. The van der Waals surface area contributed by atoms with E-state index in [0.29, 0.717) is 34.3 Å². The second-order valence-electron chi connectivity index (χ2n) is 5.43. The fourth-order valence-corrected chi connectivity index (χ4v) is 2.44. The van der Waals surface area contributed by atoms with Gasteiger partial charge in [-0.15, -0.1) is 0 Å². The summed E-state index contributed by atoms with van der Waals surface area (Å²) in [4.78, 5) is 24.0. The van der Waals surface area contributed by atoms with E-state index in [-0.39, 0.29) is 5.91 Å². The van der Waals surface area contributed by atoms with Crippen LogP contribution >= 0.6 is 11.6 Å². The highest BCUT2D eigenvalue weighted by atomic mass is 35.5.